The molecule has 0 aliphatic heterocycles. The molecule has 1 unspecified atom stereocenters. The van der Waals surface area contributed by atoms with Crippen molar-refractivity contribution in [1.29, 1.82) is 0 Å². The Balaban J connectivity index is 1.86. The molecule has 1 atom stereocenters. The number of rotatable bonds is 12. The number of hydrogen-bond donors (Lipinski definition) is 1. The lowest BCUT2D eigenvalue weighted by atomic mass is 9.96. The van der Waals surface area contributed by atoms with E-state index in [0.29, 0.717) is 5.92 Å². The first kappa shape index (κ1) is 23.0. The molecule has 0 heterocycles. The normalized spacial score (nSPS) is 12.0. The Kier molecular flexibility index (Phi) is 9.76. The van der Waals surface area contributed by atoms with E-state index in [0.717, 1.165) is 36.4 Å². The molecule has 0 saturated heterocycles. The number of ether oxygens (including phenoxy) is 1. The average molecular weight is 396 g/mol. The van der Waals surface area contributed by atoms with Gasteiger partial charge in [0.05, 0.1) is 12.5 Å². The molecule has 0 aliphatic rings. The van der Waals surface area contributed by atoms with Gasteiger partial charge in [-0.2, -0.15) is 0 Å². The highest BCUT2D eigenvalue weighted by atomic mass is 16.5. The zero-order valence-corrected chi connectivity index (χ0v) is 18.5. The van der Waals surface area contributed by atoms with Crippen LogP contribution in [0.2, 0.25) is 0 Å². The summed E-state index contributed by atoms with van der Waals surface area (Å²) in [5, 5.41) is 3.03. The van der Waals surface area contributed by atoms with Crippen molar-refractivity contribution in [3.63, 3.8) is 0 Å². The molecule has 0 spiro atoms. The van der Waals surface area contributed by atoms with E-state index in [-0.39, 0.29) is 11.8 Å². The second-order valence-electron chi connectivity index (χ2n) is 8.34. The maximum atomic E-state index is 12.7. The Morgan fingerprint density at radius 1 is 0.966 bits per heavy atom. The minimum absolute atomic E-state index is 0.00155. The molecule has 0 bridgehead atoms. The predicted octanol–water partition coefficient (Wildman–Crippen LogP) is 6.98. The molecule has 1 amide bonds. The van der Waals surface area contributed by atoms with E-state index in [4.69, 9.17) is 4.74 Å². The topological polar surface area (TPSA) is 38.3 Å². The van der Waals surface area contributed by atoms with Gasteiger partial charge in [-0.1, -0.05) is 76.8 Å². The van der Waals surface area contributed by atoms with E-state index in [1.54, 1.807) is 0 Å². The summed E-state index contributed by atoms with van der Waals surface area (Å²) in [5.41, 5.74) is 3.13. The number of benzene rings is 2. The van der Waals surface area contributed by atoms with Crippen molar-refractivity contribution in [1.82, 2.24) is 0 Å². The molecule has 0 aliphatic carbocycles. The second-order valence-corrected chi connectivity index (χ2v) is 8.34. The van der Waals surface area contributed by atoms with Crippen LogP contribution in [0.3, 0.4) is 0 Å². The smallest absolute Gasteiger partial charge is 0.231 e. The monoisotopic (exact) mass is 395 g/mol. The Bertz CT molecular complexity index is 737. The highest BCUT2D eigenvalue weighted by Gasteiger charge is 2.15. The van der Waals surface area contributed by atoms with Crippen molar-refractivity contribution in [3.05, 3.63) is 59.7 Å². The molecular weight excluding hydrogens is 358 g/mol. The Hall–Kier alpha value is -2.29. The first-order chi connectivity index (χ1) is 14.0. The molecule has 0 fully saturated rings. The summed E-state index contributed by atoms with van der Waals surface area (Å²) in [5.74, 6) is 1.24. The maximum absolute atomic E-state index is 12.7. The molecule has 3 nitrogen and oxygen atoms in total. The van der Waals surface area contributed by atoms with Crippen LogP contribution in [0.4, 0.5) is 5.69 Å². The Morgan fingerprint density at radius 3 is 2.38 bits per heavy atom. The van der Waals surface area contributed by atoms with Crippen molar-refractivity contribution in [2.75, 3.05) is 11.9 Å². The van der Waals surface area contributed by atoms with Crippen LogP contribution in [-0.2, 0) is 11.2 Å². The van der Waals surface area contributed by atoms with Gasteiger partial charge in [0.1, 0.15) is 5.75 Å². The SMILES string of the molecule is CCCCCCCOc1cccc(NC(=O)C(C)c2ccc(CC(C)C)cc2)c1. The summed E-state index contributed by atoms with van der Waals surface area (Å²) >= 11 is 0. The molecule has 2 rings (SSSR count). The molecular formula is C26H37NO2. The van der Waals surface area contributed by atoms with Gasteiger partial charge in [0.25, 0.3) is 0 Å². The molecule has 1 N–H and O–H groups in total. The van der Waals surface area contributed by atoms with E-state index >= 15 is 0 Å². The van der Waals surface area contributed by atoms with E-state index in [2.05, 4.69) is 50.4 Å². The quantitative estimate of drug-likeness (QED) is 0.394. The number of anilines is 1. The molecule has 0 saturated carbocycles. The maximum Gasteiger partial charge on any atom is 0.231 e. The van der Waals surface area contributed by atoms with E-state index in [1.165, 1.54) is 31.2 Å². The third kappa shape index (κ3) is 8.31. The van der Waals surface area contributed by atoms with E-state index in [9.17, 15) is 4.79 Å². The fourth-order valence-electron chi connectivity index (χ4n) is 3.37. The van der Waals surface area contributed by atoms with Gasteiger partial charge in [-0.15, -0.1) is 0 Å². The molecule has 2 aromatic carbocycles. The molecule has 158 valence electrons. The summed E-state index contributed by atoms with van der Waals surface area (Å²) in [6.07, 6.45) is 7.15. The largest absolute Gasteiger partial charge is 0.494 e. The van der Waals surface area contributed by atoms with E-state index < -0.39 is 0 Å². The van der Waals surface area contributed by atoms with Crippen molar-refractivity contribution in [3.8, 4) is 5.75 Å². The number of amides is 1. The van der Waals surface area contributed by atoms with Crippen molar-refractivity contribution >= 4 is 11.6 Å². The fraction of sp³-hybridized carbons (Fsp3) is 0.500. The van der Waals surface area contributed by atoms with Crippen molar-refractivity contribution in [2.45, 2.75) is 72.1 Å². The summed E-state index contributed by atoms with van der Waals surface area (Å²) in [4.78, 5) is 12.7. The van der Waals surface area contributed by atoms with Crippen LogP contribution >= 0.6 is 0 Å². The Labute approximate surface area is 176 Å². The van der Waals surface area contributed by atoms with Gasteiger partial charge in [-0.3, -0.25) is 4.79 Å². The third-order valence-corrected chi connectivity index (χ3v) is 5.14. The number of unbranched alkanes of at least 4 members (excludes halogenated alkanes) is 4. The molecule has 0 aromatic heterocycles. The van der Waals surface area contributed by atoms with Gasteiger partial charge in [-0.05, 0) is 48.9 Å². The summed E-state index contributed by atoms with van der Waals surface area (Å²) in [6.45, 7) is 9.32. The zero-order chi connectivity index (χ0) is 21.1. The van der Waals surface area contributed by atoms with Crippen LogP contribution in [0, 0.1) is 5.92 Å². The third-order valence-electron chi connectivity index (χ3n) is 5.14. The van der Waals surface area contributed by atoms with Crippen LogP contribution in [0.25, 0.3) is 0 Å². The molecule has 3 heteroatoms. The standard InChI is InChI=1S/C26H37NO2/c1-5-6-7-8-9-17-29-25-12-10-11-24(19-25)27-26(28)21(4)23-15-13-22(14-16-23)18-20(2)3/h10-16,19-21H,5-9,17-18H2,1-4H3,(H,27,28). The number of nitrogens with one attached hydrogen (secondary N) is 1. The van der Waals surface area contributed by atoms with Gasteiger partial charge < -0.3 is 10.1 Å². The summed E-state index contributed by atoms with van der Waals surface area (Å²) in [7, 11) is 0. The van der Waals surface area contributed by atoms with Crippen LogP contribution in [-0.4, -0.2) is 12.5 Å². The highest BCUT2D eigenvalue weighted by Crippen LogP contribution is 2.22. The van der Waals surface area contributed by atoms with E-state index in [1.807, 2.05) is 31.2 Å². The van der Waals surface area contributed by atoms with Crippen molar-refractivity contribution < 1.29 is 9.53 Å². The lowest BCUT2D eigenvalue weighted by Crippen LogP contribution is -2.18. The number of hydrogen-bond acceptors (Lipinski definition) is 2. The van der Waals surface area contributed by atoms with Crippen LogP contribution in [0.1, 0.15) is 76.8 Å². The van der Waals surface area contributed by atoms with Gasteiger partial charge in [0, 0.05) is 11.8 Å². The molecule has 0 radical (unpaired) electrons. The van der Waals surface area contributed by atoms with Gasteiger partial charge in [-0.25, -0.2) is 0 Å². The van der Waals surface area contributed by atoms with Crippen molar-refractivity contribution in [2.24, 2.45) is 5.92 Å². The molecule has 29 heavy (non-hydrogen) atoms. The average Bonchev–Trinajstić information content (AvgIpc) is 2.70. The lowest BCUT2D eigenvalue weighted by molar-refractivity contribution is -0.117. The Morgan fingerprint density at radius 2 is 1.69 bits per heavy atom. The molecule has 2 aromatic rings. The number of carbonyl (C=O) groups excluding carboxylic acids is 1. The minimum Gasteiger partial charge on any atom is -0.494 e. The van der Waals surface area contributed by atoms with Gasteiger partial charge >= 0.3 is 0 Å². The lowest BCUT2D eigenvalue weighted by Gasteiger charge is -2.14. The fourth-order valence-corrected chi connectivity index (χ4v) is 3.37. The second kappa shape index (κ2) is 12.3. The predicted molar refractivity (Wildman–Crippen MR) is 123 cm³/mol. The van der Waals surface area contributed by atoms with Crippen LogP contribution in [0.15, 0.2) is 48.5 Å². The minimum atomic E-state index is -0.203. The summed E-state index contributed by atoms with van der Waals surface area (Å²) < 4.78 is 5.85. The van der Waals surface area contributed by atoms with Gasteiger partial charge in [0.2, 0.25) is 5.91 Å². The number of carbonyl (C=O) groups is 1. The highest BCUT2D eigenvalue weighted by molar-refractivity contribution is 5.95. The van der Waals surface area contributed by atoms with Crippen LogP contribution < -0.4 is 10.1 Å². The summed E-state index contributed by atoms with van der Waals surface area (Å²) in [6, 6.07) is 16.1. The zero-order valence-electron chi connectivity index (χ0n) is 18.5. The van der Waals surface area contributed by atoms with Crippen LogP contribution in [0.5, 0.6) is 5.75 Å². The first-order valence-corrected chi connectivity index (χ1v) is 11.1. The van der Waals surface area contributed by atoms with Gasteiger partial charge in [0.15, 0.2) is 0 Å². The first-order valence-electron chi connectivity index (χ1n) is 11.1.